The van der Waals surface area contributed by atoms with Gasteiger partial charge in [-0.1, -0.05) is 13.0 Å². The summed E-state index contributed by atoms with van der Waals surface area (Å²) in [6.45, 7) is 6.23. The molecule has 150 valence electrons. The van der Waals surface area contributed by atoms with Gasteiger partial charge < -0.3 is 9.64 Å². The van der Waals surface area contributed by atoms with E-state index in [1.54, 1.807) is 17.3 Å². The highest BCUT2D eigenvalue weighted by molar-refractivity contribution is 7.20. The van der Waals surface area contributed by atoms with E-state index in [1.165, 1.54) is 18.4 Å². The first-order valence-corrected chi connectivity index (χ1v) is 10.7. The van der Waals surface area contributed by atoms with E-state index < -0.39 is 5.97 Å². The standard InChI is InChI=1S/C22H28N2O3S/c1-14(2)24(20(25)16-9-7-15(3)8-10-16)21-18(22(26)27-4)12-19(28-21)17-6-5-11-23-13-17/h5-6,11-16H,7-10H2,1-4H3. The number of aromatic nitrogens is 1. The van der Waals surface area contributed by atoms with Crippen LogP contribution in [0.3, 0.4) is 0 Å². The van der Waals surface area contributed by atoms with Crippen molar-refractivity contribution in [3.63, 3.8) is 0 Å². The molecule has 0 N–H and O–H groups in total. The van der Waals surface area contributed by atoms with Crippen molar-refractivity contribution in [2.75, 3.05) is 12.0 Å². The minimum atomic E-state index is -0.419. The molecule has 0 aromatic carbocycles. The normalized spacial score (nSPS) is 19.5. The van der Waals surface area contributed by atoms with Crippen LogP contribution in [-0.2, 0) is 9.53 Å². The summed E-state index contributed by atoms with van der Waals surface area (Å²) in [6, 6.07) is 5.58. The Morgan fingerprint density at radius 3 is 2.54 bits per heavy atom. The third kappa shape index (κ3) is 4.27. The smallest absolute Gasteiger partial charge is 0.340 e. The van der Waals surface area contributed by atoms with Crippen LogP contribution in [0.15, 0.2) is 30.6 Å². The van der Waals surface area contributed by atoms with Crippen molar-refractivity contribution in [3.05, 3.63) is 36.2 Å². The predicted molar refractivity (Wildman–Crippen MR) is 113 cm³/mol. The molecule has 6 heteroatoms. The Balaban J connectivity index is 2.00. The molecule has 3 rings (SSSR count). The van der Waals surface area contributed by atoms with Gasteiger partial charge in [-0.3, -0.25) is 9.78 Å². The van der Waals surface area contributed by atoms with Gasteiger partial charge in [-0.15, -0.1) is 11.3 Å². The monoisotopic (exact) mass is 400 g/mol. The highest BCUT2D eigenvalue weighted by atomic mass is 32.1. The highest BCUT2D eigenvalue weighted by Gasteiger charge is 2.33. The molecular formula is C22H28N2O3S. The van der Waals surface area contributed by atoms with Crippen LogP contribution < -0.4 is 4.90 Å². The van der Waals surface area contributed by atoms with Crippen molar-refractivity contribution in [1.82, 2.24) is 4.98 Å². The molecule has 0 unspecified atom stereocenters. The SMILES string of the molecule is COC(=O)c1cc(-c2cccnc2)sc1N(C(=O)C1CCC(C)CC1)C(C)C. The van der Waals surface area contributed by atoms with E-state index in [1.807, 2.05) is 32.0 Å². The van der Waals surface area contributed by atoms with Crippen LogP contribution in [0, 0.1) is 11.8 Å². The molecule has 1 aliphatic carbocycles. The number of methoxy groups -OCH3 is 1. The number of esters is 1. The van der Waals surface area contributed by atoms with Crippen molar-refractivity contribution < 1.29 is 14.3 Å². The van der Waals surface area contributed by atoms with Gasteiger partial charge in [-0.05, 0) is 57.6 Å². The van der Waals surface area contributed by atoms with Crippen LogP contribution in [0.5, 0.6) is 0 Å². The second kappa shape index (κ2) is 8.86. The van der Waals surface area contributed by atoms with Crippen LogP contribution in [0.1, 0.15) is 56.8 Å². The molecule has 0 aliphatic heterocycles. The van der Waals surface area contributed by atoms with Gasteiger partial charge in [0, 0.05) is 34.8 Å². The fraction of sp³-hybridized carbons (Fsp3) is 0.500. The van der Waals surface area contributed by atoms with Crippen molar-refractivity contribution in [1.29, 1.82) is 0 Å². The summed E-state index contributed by atoms with van der Waals surface area (Å²) in [7, 11) is 1.37. The van der Waals surface area contributed by atoms with Crippen LogP contribution in [-0.4, -0.2) is 30.0 Å². The molecule has 28 heavy (non-hydrogen) atoms. The fourth-order valence-corrected chi connectivity index (χ4v) is 5.04. The number of nitrogens with zero attached hydrogens (tertiary/aromatic N) is 2. The van der Waals surface area contributed by atoms with Gasteiger partial charge in [-0.2, -0.15) is 0 Å². The Morgan fingerprint density at radius 1 is 1.25 bits per heavy atom. The van der Waals surface area contributed by atoms with E-state index in [0.717, 1.165) is 36.1 Å². The van der Waals surface area contributed by atoms with Gasteiger partial charge in [-0.25, -0.2) is 4.79 Å². The zero-order valence-electron chi connectivity index (χ0n) is 17.0. The molecule has 1 amide bonds. The molecular weight excluding hydrogens is 372 g/mol. The fourth-order valence-electron chi connectivity index (χ4n) is 3.76. The van der Waals surface area contributed by atoms with Crippen LogP contribution >= 0.6 is 11.3 Å². The average molecular weight is 401 g/mol. The topological polar surface area (TPSA) is 59.5 Å². The van der Waals surface area contributed by atoms with Gasteiger partial charge in [0.2, 0.25) is 5.91 Å². The van der Waals surface area contributed by atoms with E-state index in [-0.39, 0.29) is 17.9 Å². The number of ether oxygens (including phenoxy) is 1. The van der Waals surface area contributed by atoms with Gasteiger partial charge in [0.15, 0.2) is 0 Å². The van der Waals surface area contributed by atoms with Crippen LogP contribution in [0.4, 0.5) is 5.00 Å². The number of carbonyl (C=O) groups excluding carboxylic acids is 2. The van der Waals surface area contributed by atoms with E-state index in [2.05, 4.69) is 11.9 Å². The summed E-state index contributed by atoms with van der Waals surface area (Å²) < 4.78 is 5.01. The maximum atomic E-state index is 13.4. The van der Waals surface area contributed by atoms with E-state index >= 15 is 0 Å². The lowest BCUT2D eigenvalue weighted by atomic mass is 9.82. The van der Waals surface area contributed by atoms with Crippen LogP contribution in [0.25, 0.3) is 10.4 Å². The van der Waals surface area contributed by atoms with Crippen molar-refractivity contribution in [3.8, 4) is 10.4 Å². The average Bonchev–Trinajstić information content (AvgIpc) is 3.13. The third-order valence-electron chi connectivity index (χ3n) is 5.40. The zero-order chi connectivity index (χ0) is 20.3. The lowest BCUT2D eigenvalue weighted by molar-refractivity contribution is -0.123. The molecule has 2 aromatic rings. The lowest BCUT2D eigenvalue weighted by Crippen LogP contribution is -2.42. The number of hydrogen-bond donors (Lipinski definition) is 0. The lowest BCUT2D eigenvalue weighted by Gasteiger charge is -2.33. The molecule has 0 radical (unpaired) electrons. The minimum absolute atomic E-state index is 0.0213. The van der Waals surface area contributed by atoms with Crippen molar-refractivity contribution in [2.24, 2.45) is 11.8 Å². The number of anilines is 1. The van der Waals surface area contributed by atoms with Crippen LogP contribution in [0.2, 0.25) is 0 Å². The molecule has 2 heterocycles. The molecule has 0 spiro atoms. The quantitative estimate of drug-likeness (QED) is 0.650. The number of amides is 1. The Labute approximate surface area is 170 Å². The number of hydrogen-bond acceptors (Lipinski definition) is 5. The first-order chi connectivity index (χ1) is 13.4. The van der Waals surface area contributed by atoms with E-state index in [0.29, 0.717) is 16.5 Å². The van der Waals surface area contributed by atoms with Gasteiger partial charge in [0.25, 0.3) is 0 Å². The Morgan fingerprint density at radius 2 is 1.96 bits per heavy atom. The maximum absolute atomic E-state index is 13.4. The van der Waals surface area contributed by atoms with Gasteiger partial charge >= 0.3 is 5.97 Å². The second-order valence-electron chi connectivity index (χ2n) is 7.82. The summed E-state index contributed by atoms with van der Waals surface area (Å²) in [5.74, 6) is 0.401. The number of pyridine rings is 1. The summed E-state index contributed by atoms with van der Waals surface area (Å²) >= 11 is 1.45. The molecule has 2 aromatic heterocycles. The van der Waals surface area contributed by atoms with Gasteiger partial charge in [0.05, 0.1) is 12.7 Å². The molecule has 1 aliphatic rings. The summed E-state index contributed by atoms with van der Waals surface area (Å²) in [5.41, 5.74) is 1.36. The molecule has 5 nitrogen and oxygen atoms in total. The molecule has 0 atom stereocenters. The van der Waals surface area contributed by atoms with Crippen molar-refractivity contribution in [2.45, 2.75) is 52.5 Å². The highest BCUT2D eigenvalue weighted by Crippen LogP contribution is 2.40. The first-order valence-electron chi connectivity index (χ1n) is 9.88. The minimum Gasteiger partial charge on any atom is -0.465 e. The Kier molecular flexibility index (Phi) is 6.50. The molecule has 1 fully saturated rings. The van der Waals surface area contributed by atoms with Crippen molar-refractivity contribution >= 4 is 28.2 Å². The van der Waals surface area contributed by atoms with E-state index in [9.17, 15) is 9.59 Å². The summed E-state index contributed by atoms with van der Waals surface area (Å²) in [6.07, 6.45) is 7.47. The third-order valence-corrected chi connectivity index (χ3v) is 6.58. The zero-order valence-corrected chi connectivity index (χ0v) is 17.8. The molecule has 1 saturated carbocycles. The number of rotatable bonds is 5. The maximum Gasteiger partial charge on any atom is 0.340 e. The Hall–Kier alpha value is -2.21. The summed E-state index contributed by atoms with van der Waals surface area (Å²) in [4.78, 5) is 32.8. The van der Waals surface area contributed by atoms with E-state index in [4.69, 9.17) is 4.74 Å². The molecule has 0 saturated heterocycles. The molecule has 0 bridgehead atoms. The Bertz CT molecular complexity index is 824. The number of thiophene rings is 1. The second-order valence-corrected chi connectivity index (χ2v) is 8.85. The summed E-state index contributed by atoms with van der Waals surface area (Å²) in [5, 5.41) is 0.671. The number of carbonyl (C=O) groups is 2. The first kappa shape index (κ1) is 20.5. The van der Waals surface area contributed by atoms with Gasteiger partial charge in [0.1, 0.15) is 5.00 Å². The largest absolute Gasteiger partial charge is 0.465 e. The predicted octanol–water partition coefficient (Wildman–Crippen LogP) is 5.16.